The summed E-state index contributed by atoms with van der Waals surface area (Å²) in [6.45, 7) is 5.28. The molecule has 0 aliphatic rings. The van der Waals surface area contributed by atoms with E-state index in [0.717, 1.165) is 23.2 Å². The lowest BCUT2D eigenvalue weighted by atomic mass is 10.2. The molecule has 1 aromatic rings. The Hall–Kier alpha value is -0.540. The van der Waals surface area contributed by atoms with Crippen LogP contribution in [-0.2, 0) is 6.54 Å². The molecule has 0 bridgehead atoms. The molecule has 0 spiro atoms. The molecule has 1 rings (SSSR count). The second-order valence-corrected chi connectivity index (χ2v) is 4.51. The number of ether oxygens (including phenoxy) is 1. The van der Waals surface area contributed by atoms with Gasteiger partial charge < -0.3 is 10.1 Å². The van der Waals surface area contributed by atoms with E-state index in [1.54, 1.807) is 7.11 Å². The van der Waals surface area contributed by atoms with Crippen molar-refractivity contribution >= 4 is 15.9 Å². The average Bonchev–Trinajstić information content (AvgIpc) is 2.26. The third-order valence-corrected chi connectivity index (χ3v) is 3.10. The zero-order valence-corrected chi connectivity index (χ0v) is 11.1. The summed E-state index contributed by atoms with van der Waals surface area (Å²) in [4.78, 5) is 0. The van der Waals surface area contributed by atoms with Crippen molar-refractivity contribution in [3.8, 4) is 5.75 Å². The summed E-state index contributed by atoms with van der Waals surface area (Å²) in [5.41, 5.74) is 1.27. The fraction of sp³-hybridized carbons (Fsp3) is 0.500. The van der Waals surface area contributed by atoms with Crippen LogP contribution in [0.1, 0.15) is 25.8 Å². The molecule has 1 aromatic carbocycles. The van der Waals surface area contributed by atoms with E-state index in [4.69, 9.17) is 4.74 Å². The molecule has 2 nitrogen and oxygen atoms in total. The summed E-state index contributed by atoms with van der Waals surface area (Å²) in [5, 5.41) is 3.45. The Balaban J connectivity index is 2.59. The molecular formula is C12H18BrNO. The minimum Gasteiger partial charge on any atom is -0.496 e. The summed E-state index contributed by atoms with van der Waals surface area (Å²) in [7, 11) is 1.68. The highest BCUT2D eigenvalue weighted by Crippen LogP contribution is 2.25. The minimum absolute atomic E-state index is 0.561. The maximum absolute atomic E-state index is 5.18. The van der Waals surface area contributed by atoms with Crippen LogP contribution in [0.2, 0.25) is 0 Å². The van der Waals surface area contributed by atoms with Crippen LogP contribution < -0.4 is 10.1 Å². The number of halogens is 1. The number of rotatable bonds is 5. The van der Waals surface area contributed by atoms with Crippen molar-refractivity contribution < 1.29 is 4.74 Å². The normalized spacial score (nSPS) is 12.5. The number of hydrogen-bond acceptors (Lipinski definition) is 2. The van der Waals surface area contributed by atoms with Crippen LogP contribution in [0.25, 0.3) is 0 Å². The maximum atomic E-state index is 5.18. The van der Waals surface area contributed by atoms with Crippen LogP contribution in [0.15, 0.2) is 22.7 Å². The lowest BCUT2D eigenvalue weighted by Gasteiger charge is -2.12. The molecule has 0 saturated heterocycles. The first kappa shape index (κ1) is 12.5. The van der Waals surface area contributed by atoms with Crippen LogP contribution in [-0.4, -0.2) is 13.2 Å². The van der Waals surface area contributed by atoms with E-state index in [9.17, 15) is 0 Å². The Kier molecular flexibility index (Phi) is 5.12. The van der Waals surface area contributed by atoms with Crippen molar-refractivity contribution in [3.63, 3.8) is 0 Å². The van der Waals surface area contributed by atoms with Gasteiger partial charge in [0, 0.05) is 12.6 Å². The molecule has 0 fully saturated rings. The van der Waals surface area contributed by atoms with Gasteiger partial charge in [-0.1, -0.05) is 13.0 Å². The molecule has 0 amide bonds. The Morgan fingerprint density at radius 1 is 1.47 bits per heavy atom. The molecule has 0 aliphatic heterocycles. The van der Waals surface area contributed by atoms with Crippen molar-refractivity contribution in [2.75, 3.05) is 7.11 Å². The lowest BCUT2D eigenvalue weighted by molar-refractivity contribution is 0.412. The van der Waals surface area contributed by atoms with Gasteiger partial charge >= 0.3 is 0 Å². The van der Waals surface area contributed by atoms with Gasteiger partial charge in [-0.05, 0) is 47.0 Å². The Labute approximate surface area is 100 Å². The molecule has 0 radical (unpaired) electrons. The van der Waals surface area contributed by atoms with Gasteiger partial charge in [-0.3, -0.25) is 0 Å². The largest absolute Gasteiger partial charge is 0.496 e. The number of nitrogens with one attached hydrogen (secondary N) is 1. The van der Waals surface area contributed by atoms with Gasteiger partial charge in [0.1, 0.15) is 5.75 Å². The van der Waals surface area contributed by atoms with Crippen molar-refractivity contribution in [1.82, 2.24) is 5.32 Å². The van der Waals surface area contributed by atoms with E-state index in [0.29, 0.717) is 6.04 Å². The molecule has 0 heterocycles. The summed E-state index contributed by atoms with van der Waals surface area (Å²) >= 11 is 3.48. The molecule has 0 aromatic heterocycles. The highest BCUT2D eigenvalue weighted by molar-refractivity contribution is 9.10. The Morgan fingerprint density at radius 2 is 2.20 bits per heavy atom. The molecule has 84 valence electrons. The number of hydrogen-bond donors (Lipinski definition) is 1. The molecule has 0 saturated carbocycles. The first-order chi connectivity index (χ1) is 7.17. The van der Waals surface area contributed by atoms with Crippen LogP contribution in [0, 0.1) is 0 Å². The SMILES string of the molecule is CCC(C)NCc1ccc(OC)c(Br)c1. The minimum atomic E-state index is 0.561. The molecule has 0 aliphatic carbocycles. The highest BCUT2D eigenvalue weighted by Gasteiger charge is 2.02. The van der Waals surface area contributed by atoms with E-state index < -0.39 is 0 Å². The first-order valence-corrected chi connectivity index (χ1v) is 6.02. The third kappa shape index (κ3) is 3.84. The molecule has 15 heavy (non-hydrogen) atoms. The topological polar surface area (TPSA) is 21.3 Å². The van der Waals surface area contributed by atoms with Crippen LogP contribution in [0.3, 0.4) is 0 Å². The Bertz CT molecular complexity index is 314. The smallest absolute Gasteiger partial charge is 0.133 e. The van der Waals surface area contributed by atoms with Crippen LogP contribution in [0.5, 0.6) is 5.75 Å². The van der Waals surface area contributed by atoms with Gasteiger partial charge in [0.15, 0.2) is 0 Å². The van der Waals surface area contributed by atoms with Crippen LogP contribution in [0.4, 0.5) is 0 Å². The van der Waals surface area contributed by atoms with E-state index in [2.05, 4.69) is 47.2 Å². The predicted molar refractivity (Wildman–Crippen MR) is 67.3 cm³/mol. The van der Waals surface area contributed by atoms with E-state index in [1.807, 2.05) is 6.07 Å². The van der Waals surface area contributed by atoms with Crippen molar-refractivity contribution in [2.24, 2.45) is 0 Å². The van der Waals surface area contributed by atoms with E-state index in [1.165, 1.54) is 5.56 Å². The fourth-order valence-electron chi connectivity index (χ4n) is 1.26. The van der Waals surface area contributed by atoms with Gasteiger partial charge in [-0.2, -0.15) is 0 Å². The van der Waals surface area contributed by atoms with Crippen molar-refractivity contribution in [1.29, 1.82) is 0 Å². The zero-order valence-electron chi connectivity index (χ0n) is 9.51. The average molecular weight is 272 g/mol. The molecular weight excluding hydrogens is 254 g/mol. The zero-order chi connectivity index (χ0) is 11.3. The molecule has 1 N–H and O–H groups in total. The standard InChI is InChI=1S/C12H18BrNO/c1-4-9(2)14-8-10-5-6-12(15-3)11(13)7-10/h5-7,9,14H,4,8H2,1-3H3. The summed E-state index contributed by atoms with van der Waals surface area (Å²) < 4.78 is 6.19. The molecule has 3 heteroatoms. The first-order valence-electron chi connectivity index (χ1n) is 5.23. The van der Waals surface area contributed by atoms with Crippen molar-refractivity contribution in [2.45, 2.75) is 32.9 Å². The summed E-state index contributed by atoms with van der Waals surface area (Å²) in [5.74, 6) is 0.877. The van der Waals surface area contributed by atoms with Gasteiger partial charge in [0.25, 0.3) is 0 Å². The van der Waals surface area contributed by atoms with Gasteiger partial charge in [-0.25, -0.2) is 0 Å². The number of methoxy groups -OCH3 is 1. The second kappa shape index (κ2) is 6.13. The Morgan fingerprint density at radius 3 is 2.73 bits per heavy atom. The monoisotopic (exact) mass is 271 g/mol. The summed E-state index contributed by atoms with van der Waals surface area (Å²) in [6, 6.07) is 6.72. The fourth-order valence-corrected chi connectivity index (χ4v) is 1.84. The summed E-state index contributed by atoms with van der Waals surface area (Å²) in [6.07, 6.45) is 1.15. The van der Waals surface area contributed by atoms with E-state index >= 15 is 0 Å². The number of benzene rings is 1. The van der Waals surface area contributed by atoms with Crippen molar-refractivity contribution in [3.05, 3.63) is 28.2 Å². The van der Waals surface area contributed by atoms with Gasteiger partial charge in [0.05, 0.1) is 11.6 Å². The van der Waals surface area contributed by atoms with Gasteiger partial charge in [0.2, 0.25) is 0 Å². The predicted octanol–water partition coefficient (Wildman–Crippen LogP) is 3.35. The molecule has 1 atom stereocenters. The van der Waals surface area contributed by atoms with E-state index in [-0.39, 0.29) is 0 Å². The second-order valence-electron chi connectivity index (χ2n) is 3.66. The van der Waals surface area contributed by atoms with Crippen LogP contribution >= 0.6 is 15.9 Å². The lowest BCUT2D eigenvalue weighted by Crippen LogP contribution is -2.24. The quantitative estimate of drug-likeness (QED) is 0.887. The maximum Gasteiger partial charge on any atom is 0.133 e. The van der Waals surface area contributed by atoms with Gasteiger partial charge in [-0.15, -0.1) is 0 Å². The molecule has 1 unspecified atom stereocenters. The third-order valence-electron chi connectivity index (χ3n) is 2.48. The highest BCUT2D eigenvalue weighted by atomic mass is 79.9.